The van der Waals surface area contributed by atoms with Gasteiger partial charge in [0.2, 0.25) is 0 Å². The van der Waals surface area contributed by atoms with Crippen LogP contribution in [-0.2, 0) is 20.9 Å². The molecule has 0 aliphatic carbocycles. The van der Waals surface area contributed by atoms with Crippen LogP contribution in [-0.4, -0.2) is 39.2 Å². The number of carboxylic acid groups (broad SMARTS) is 2. The molecule has 0 saturated heterocycles. The van der Waals surface area contributed by atoms with Crippen molar-refractivity contribution >= 4 is 23.7 Å². The van der Waals surface area contributed by atoms with Gasteiger partial charge in [0.15, 0.2) is 0 Å². The van der Waals surface area contributed by atoms with Gasteiger partial charge in [-0.05, 0) is 30.5 Å². The number of nitro benzene ring substituents is 1. The Kier molecular flexibility index (Phi) is 7.14. The van der Waals surface area contributed by atoms with E-state index >= 15 is 0 Å². The first-order chi connectivity index (χ1) is 11.3. The molecular weight excluding hydrogens is 324 g/mol. The highest BCUT2D eigenvalue weighted by molar-refractivity contribution is 5.79. The zero-order chi connectivity index (χ0) is 18.1. The monoisotopic (exact) mass is 340 g/mol. The van der Waals surface area contributed by atoms with Crippen molar-refractivity contribution in [1.82, 2.24) is 5.32 Å². The number of rotatable bonds is 9. The fourth-order valence-corrected chi connectivity index (χ4v) is 1.76. The molecule has 130 valence electrons. The van der Waals surface area contributed by atoms with Gasteiger partial charge in [-0.15, -0.1) is 0 Å². The molecule has 0 radical (unpaired) electrons. The second-order valence-electron chi connectivity index (χ2n) is 4.82. The van der Waals surface area contributed by atoms with Gasteiger partial charge in [0.1, 0.15) is 12.6 Å². The number of non-ortho nitro benzene ring substituents is 1. The lowest BCUT2D eigenvalue weighted by Crippen LogP contribution is -2.41. The summed E-state index contributed by atoms with van der Waals surface area (Å²) < 4.78 is 4.84. The number of carbonyl (C=O) groups excluding carboxylic acids is 1. The van der Waals surface area contributed by atoms with E-state index in [9.17, 15) is 24.5 Å². The molecule has 0 aliphatic rings. The van der Waals surface area contributed by atoms with E-state index in [1.54, 1.807) is 0 Å². The SMILES string of the molecule is O=C(O)CCC[C@H](NC(=O)OCc1ccc([N+](=O)[O-])cc1)C(=O)O. The number of aliphatic carboxylic acids is 2. The Morgan fingerprint density at radius 1 is 1.21 bits per heavy atom. The molecule has 0 heterocycles. The van der Waals surface area contributed by atoms with Crippen LogP contribution in [0.25, 0.3) is 0 Å². The predicted octanol–water partition coefficient (Wildman–Crippen LogP) is 1.53. The molecule has 1 rings (SSSR count). The Balaban J connectivity index is 2.46. The van der Waals surface area contributed by atoms with Crippen LogP contribution < -0.4 is 5.32 Å². The third kappa shape index (κ3) is 6.73. The van der Waals surface area contributed by atoms with Gasteiger partial charge in [-0.1, -0.05) is 0 Å². The number of amides is 1. The van der Waals surface area contributed by atoms with Crippen LogP contribution in [0.2, 0.25) is 0 Å². The van der Waals surface area contributed by atoms with E-state index in [0.717, 1.165) is 0 Å². The van der Waals surface area contributed by atoms with Gasteiger partial charge >= 0.3 is 18.0 Å². The van der Waals surface area contributed by atoms with E-state index in [1.807, 2.05) is 0 Å². The Hall–Kier alpha value is -3.17. The molecule has 10 heteroatoms. The maximum Gasteiger partial charge on any atom is 0.408 e. The lowest BCUT2D eigenvalue weighted by Gasteiger charge is -2.14. The summed E-state index contributed by atoms with van der Waals surface area (Å²) in [6.45, 7) is -0.189. The van der Waals surface area contributed by atoms with Crippen LogP contribution in [0.1, 0.15) is 24.8 Å². The number of carbonyl (C=O) groups is 3. The van der Waals surface area contributed by atoms with E-state index in [0.29, 0.717) is 5.56 Å². The quantitative estimate of drug-likeness (QED) is 0.451. The average molecular weight is 340 g/mol. The van der Waals surface area contributed by atoms with Crippen molar-refractivity contribution in [2.45, 2.75) is 31.9 Å². The Labute approximate surface area is 136 Å². The first-order valence-corrected chi connectivity index (χ1v) is 6.91. The van der Waals surface area contributed by atoms with Gasteiger partial charge < -0.3 is 20.3 Å². The topological polar surface area (TPSA) is 156 Å². The molecule has 0 fully saturated rings. The van der Waals surface area contributed by atoms with E-state index in [4.69, 9.17) is 14.9 Å². The molecule has 0 aromatic heterocycles. The molecule has 0 unspecified atom stereocenters. The number of ether oxygens (including phenoxy) is 1. The number of nitro groups is 1. The largest absolute Gasteiger partial charge is 0.481 e. The summed E-state index contributed by atoms with van der Waals surface area (Å²) in [6, 6.07) is 4.07. The molecule has 1 atom stereocenters. The molecule has 0 aliphatic heterocycles. The second kappa shape index (κ2) is 9.08. The number of alkyl carbamates (subject to hydrolysis) is 1. The number of nitrogens with one attached hydrogen (secondary N) is 1. The summed E-state index contributed by atoms with van der Waals surface area (Å²) in [4.78, 5) is 42.9. The number of carboxylic acids is 2. The molecule has 0 spiro atoms. The van der Waals surface area contributed by atoms with Gasteiger partial charge in [0.25, 0.3) is 5.69 Å². The lowest BCUT2D eigenvalue weighted by molar-refractivity contribution is -0.384. The lowest BCUT2D eigenvalue weighted by atomic mass is 10.1. The highest BCUT2D eigenvalue weighted by Crippen LogP contribution is 2.12. The summed E-state index contributed by atoms with van der Waals surface area (Å²) in [5.41, 5.74) is 0.390. The van der Waals surface area contributed by atoms with Crippen LogP contribution in [0.5, 0.6) is 0 Å². The maximum atomic E-state index is 11.6. The van der Waals surface area contributed by atoms with Crippen molar-refractivity contribution in [3.05, 3.63) is 39.9 Å². The molecule has 1 aromatic rings. The van der Waals surface area contributed by atoms with Gasteiger partial charge in [-0.2, -0.15) is 0 Å². The summed E-state index contributed by atoms with van der Waals surface area (Å²) in [5.74, 6) is -2.35. The van der Waals surface area contributed by atoms with Crippen LogP contribution in [0.15, 0.2) is 24.3 Å². The molecule has 10 nitrogen and oxygen atoms in total. The molecule has 24 heavy (non-hydrogen) atoms. The Morgan fingerprint density at radius 3 is 2.33 bits per heavy atom. The summed E-state index contributed by atoms with van der Waals surface area (Å²) in [7, 11) is 0. The first-order valence-electron chi connectivity index (χ1n) is 6.91. The van der Waals surface area contributed by atoms with Crippen molar-refractivity contribution in [3.8, 4) is 0 Å². The third-order valence-corrected chi connectivity index (χ3v) is 2.99. The highest BCUT2D eigenvalue weighted by Gasteiger charge is 2.20. The predicted molar refractivity (Wildman–Crippen MR) is 79.3 cm³/mol. The fraction of sp³-hybridized carbons (Fsp3) is 0.357. The van der Waals surface area contributed by atoms with Crippen LogP contribution in [0.3, 0.4) is 0 Å². The van der Waals surface area contributed by atoms with Gasteiger partial charge in [0.05, 0.1) is 4.92 Å². The van der Waals surface area contributed by atoms with E-state index < -0.39 is 29.0 Å². The maximum absolute atomic E-state index is 11.6. The van der Waals surface area contributed by atoms with Crippen molar-refractivity contribution in [2.75, 3.05) is 0 Å². The van der Waals surface area contributed by atoms with Gasteiger partial charge in [-0.25, -0.2) is 9.59 Å². The van der Waals surface area contributed by atoms with Crippen molar-refractivity contribution in [3.63, 3.8) is 0 Å². The zero-order valence-electron chi connectivity index (χ0n) is 12.5. The zero-order valence-corrected chi connectivity index (χ0v) is 12.5. The average Bonchev–Trinajstić information content (AvgIpc) is 2.51. The highest BCUT2D eigenvalue weighted by atomic mass is 16.6. The van der Waals surface area contributed by atoms with Crippen molar-refractivity contribution in [2.24, 2.45) is 0 Å². The molecule has 1 aromatic carbocycles. The summed E-state index contributed by atoms with van der Waals surface area (Å²) in [5, 5.41) is 30.1. The number of hydrogen-bond donors (Lipinski definition) is 3. The van der Waals surface area contributed by atoms with E-state index in [1.165, 1.54) is 24.3 Å². The third-order valence-electron chi connectivity index (χ3n) is 2.99. The molecule has 3 N–H and O–H groups in total. The van der Waals surface area contributed by atoms with E-state index in [-0.39, 0.29) is 31.6 Å². The Bertz CT molecular complexity index is 614. The van der Waals surface area contributed by atoms with Crippen LogP contribution in [0.4, 0.5) is 10.5 Å². The van der Waals surface area contributed by atoms with Gasteiger partial charge in [0, 0.05) is 18.6 Å². The van der Waals surface area contributed by atoms with Crippen molar-refractivity contribution in [1.29, 1.82) is 0 Å². The fourth-order valence-electron chi connectivity index (χ4n) is 1.76. The van der Waals surface area contributed by atoms with Crippen LogP contribution in [0, 0.1) is 10.1 Å². The minimum Gasteiger partial charge on any atom is -0.481 e. The standard InChI is InChI=1S/C14H16N2O8/c17-12(18)3-1-2-11(13(19)20)15-14(21)24-8-9-4-6-10(7-5-9)16(22)23/h4-7,11H,1-3,8H2,(H,15,21)(H,17,18)(H,19,20)/t11-/m0/s1. The minimum absolute atomic E-state index is 0.0474. The second-order valence-corrected chi connectivity index (χ2v) is 4.82. The molecule has 0 bridgehead atoms. The molecule has 0 saturated carbocycles. The molecular formula is C14H16N2O8. The van der Waals surface area contributed by atoms with Crippen molar-refractivity contribution < 1.29 is 34.3 Å². The minimum atomic E-state index is -1.30. The first kappa shape index (κ1) is 18.9. The normalized spacial score (nSPS) is 11.3. The summed E-state index contributed by atoms with van der Waals surface area (Å²) in [6.07, 6.45) is -1.14. The number of nitrogens with zero attached hydrogens (tertiary/aromatic N) is 1. The Morgan fingerprint density at radius 2 is 1.83 bits per heavy atom. The molecule has 1 amide bonds. The summed E-state index contributed by atoms with van der Waals surface area (Å²) >= 11 is 0. The smallest absolute Gasteiger partial charge is 0.408 e. The number of hydrogen-bond acceptors (Lipinski definition) is 6. The van der Waals surface area contributed by atoms with E-state index in [2.05, 4.69) is 5.32 Å². The van der Waals surface area contributed by atoms with Gasteiger partial charge in [-0.3, -0.25) is 14.9 Å². The van der Waals surface area contributed by atoms with Crippen LogP contribution >= 0.6 is 0 Å². The number of benzene rings is 1.